The second-order valence-electron chi connectivity index (χ2n) is 6.05. The smallest absolute Gasteiger partial charge is 0.181 e. The van der Waals surface area contributed by atoms with Crippen LogP contribution in [0.2, 0.25) is 0 Å². The summed E-state index contributed by atoms with van der Waals surface area (Å²) >= 11 is 0. The predicted molar refractivity (Wildman–Crippen MR) is 70.4 cm³/mol. The molecule has 1 aliphatic rings. The molecule has 0 aromatic carbocycles. The van der Waals surface area contributed by atoms with Crippen LogP contribution in [-0.4, -0.2) is 22.0 Å². The van der Waals surface area contributed by atoms with Gasteiger partial charge in [0.2, 0.25) is 0 Å². The van der Waals surface area contributed by atoms with Crippen molar-refractivity contribution in [3.63, 3.8) is 0 Å². The maximum atomic E-state index is 10.2. The van der Waals surface area contributed by atoms with Gasteiger partial charge in [-0.2, -0.15) is 0 Å². The van der Waals surface area contributed by atoms with Crippen LogP contribution in [0.4, 0.5) is 0 Å². The lowest BCUT2D eigenvalue weighted by Crippen LogP contribution is -2.53. The zero-order valence-corrected chi connectivity index (χ0v) is 11.4. The van der Waals surface area contributed by atoms with Crippen LogP contribution in [0.1, 0.15) is 65.2 Å². The van der Waals surface area contributed by atoms with Crippen molar-refractivity contribution in [2.24, 2.45) is 17.6 Å². The summed E-state index contributed by atoms with van der Waals surface area (Å²) in [5, 5.41) is 20.4. The Hall–Kier alpha value is -0.120. The molecule has 3 heteroatoms. The van der Waals surface area contributed by atoms with Gasteiger partial charge in [-0.1, -0.05) is 46.0 Å². The van der Waals surface area contributed by atoms with Crippen LogP contribution in [0.25, 0.3) is 0 Å². The molecule has 1 rings (SSSR count). The van der Waals surface area contributed by atoms with Crippen LogP contribution in [0.3, 0.4) is 0 Å². The minimum Gasteiger partial charge on any atom is -0.364 e. The second-order valence-corrected chi connectivity index (χ2v) is 6.05. The minimum absolute atomic E-state index is 0.0229. The standard InChI is InChI=1S/C14H29NO2/c1-11(2)7-6-10-13(15)14(16,17)12-8-4-3-5-9-12/h11-13,16-17H,3-10,15H2,1-2H3/t13-/m0/s1. The van der Waals surface area contributed by atoms with Crippen LogP contribution in [0.15, 0.2) is 0 Å². The van der Waals surface area contributed by atoms with Gasteiger partial charge in [0.15, 0.2) is 5.79 Å². The maximum absolute atomic E-state index is 10.2. The van der Waals surface area contributed by atoms with Gasteiger partial charge in [0.25, 0.3) is 0 Å². The van der Waals surface area contributed by atoms with E-state index in [4.69, 9.17) is 5.73 Å². The zero-order chi connectivity index (χ0) is 12.9. The molecule has 4 N–H and O–H groups in total. The fourth-order valence-electron chi connectivity index (χ4n) is 2.79. The van der Waals surface area contributed by atoms with E-state index in [2.05, 4.69) is 13.8 Å². The topological polar surface area (TPSA) is 66.5 Å². The molecule has 1 aliphatic carbocycles. The molecule has 102 valence electrons. The van der Waals surface area contributed by atoms with Crippen LogP contribution in [-0.2, 0) is 0 Å². The molecular formula is C14H29NO2. The van der Waals surface area contributed by atoms with Crippen LogP contribution in [0, 0.1) is 11.8 Å². The molecule has 1 saturated carbocycles. The van der Waals surface area contributed by atoms with Crippen LogP contribution < -0.4 is 5.73 Å². The Labute approximate surface area is 105 Å². The first-order chi connectivity index (χ1) is 7.94. The summed E-state index contributed by atoms with van der Waals surface area (Å²) in [6.07, 6.45) is 8.04. The first kappa shape index (κ1) is 14.9. The quantitative estimate of drug-likeness (QED) is 0.628. The molecule has 1 fully saturated rings. The van der Waals surface area contributed by atoms with Gasteiger partial charge in [-0.05, 0) is 25.2 Å². The van der Waals surface area contributed by atoms with Gasteiger partial charge in [0, 0.05) is 5.92 Å². The zero-order valence-electron chi connectivity index (χ0n) is 11.4. The summed E-state index contributed by atoms with van der Waals surface area (Å²) in [6.45, 7) is 4.36. The van der Waals surface area contributed by atoms with Crippen LogP contribution in [0.5, 0.6) is 0 Å². The maximum Gasteiger partial charge on any atom is 0.181 e. The average Bonchev–Trinajstić information content (AvgIpc) is 2.29. The number of rotatable bonds is 6. The van der Waals surface area contributed by atoms with Crippen molar-refractivity contribution in [1.82, 2.24) is 0 Å². The average molecular weight is 243 g/mol. The highest BCUT2D eigenvalue weighted by Crippen LogP contribution is 2.33. The van der Waals surface area contributed by atoms with E-state index in [1.165, 1.54) is 6.42 Å². The molecule has 0 bridgehead atoms. The van der Waals surface area contributed by atoms with Crippen molar-refractivity contribution in [2.75, 3.05) is 0 Å². The SMILES string of the molecule is CC(C)CCC[C@H](N)C(O)(O)C1CCCCC1. The molecule has 0 spiro atoms. The summed E-state index contributed by atoms with van der Waals surface area (Å²) in [7, 11) is 0. The number of hydrogen-bond donors (Lipinski definition) is 3. The third-order valence-corrected chi connectivity index (χ3v) is 4.05. The third-order valence-electron chi connectivity index (χ3n) is 4.05. The van der Waals surface area contributed by atoms with Crippen molar-refractivity contribution >= 4 is 0 Å². The molecule has 0 aromatic rings. The molecular weight excluding hydrogens is 214 g/mol. The van der Waals surface area contributed by atoms with Crippen LogP contribution >= 0.6 is 0 Å². The van der Waals surface area contributed by atoms with Crippen molar-refractivity contribution < 1.29 is 10.2 Å². The van der Waals surface area contributed by atoms with E-state index in [1.54, 1.807) is 0 Å². The normalized spacial score (nSPS) is 20.8. The Kier molecular flexibility index (Phi) is 5.90. The summed E-state index contributed by atoms with van der Waals surface area (Å²) in [6, 6.07) is -0.496. The highest BCUT2D eigenvalue weighted by molar-refractivity contribution is 4.87. The first-order valence-electron chi connectivity index (χ1n) is 7.15. The van der Waals surface area contributed by atoms with Gasteiger partial charge in [-0.3, -0.25) is 0 Å². The molecule has 0 amide bonds. The van der Waals surface area contributed by atoms with Crippen molar-refractivity contribution in [3.05, 3.63) is 0 Å². The number of nitrogens with two attached hydrogens (primary N) is 1. The van der Waals surface area contributed by atoms with E-state index in [1.807, 2.05) is 0 Å². The van der Waals surface area contributed by atoms with E-state index >= 15 is 0 Å². The second kappa shape index (κ2) is 6.72. The molecule has 0 unspecified atom stereocenters. The van der Waals surface area contributed by atoms with Crippen molar-refractivity contribution in [1.29, 1.82) is 0 Å². The van der Waals surface area contributed by atoms with E-state index in [-0.39, 0.29) is 5.92 Å². The Balaban J connectivity index is 2.38. The molecule has 0 heterocycles. The summed E-state index contributed by atoms with van der Waals surface area (Å²) in [5.41, 5.74) is 5.97. The number of hydrogen-bond acceptors (Lipinski definition) is 3. The van der Waals surface area contributed by atoms with Gasteiger partial charge in [-0.15, -0.1) is 0 Å². The molecule has 3 nitrogen and oxygen atoms in total. The van der Waals surface area contributed by atoms with Gasteiger partial charge in [-0.25, -0.2) is 0 Å². The van der Waals surface area contributed by atoms with E-state index < -0.39 is 11.8 Å². The Morgan fingerprint density at radius 2 is 1.71 bits per heavy atom. The lowest BCUT2D eigenvalue weighted by Gasteiger charge is -2.38. The molecule has 17 heavy (non-hydrogen) atoms. The summed E-state index contributed by atoms with van der Waals surface area (Å²) < 4.78 is 0. The van der Waals surface area contributed by atoms with Crippen molar-refractivity contribution in [2.45, 2.75) is 77.0 Å². The fourth-order valence-corrected chi connectivity index (χ4v) is 2.79. The van der Waals surface area contributed by atoms with E-state index in [0.29, 0.717) is 12.3 Å². The van der Waals surface area contributed by atoms with Gasteiger partial charge >= 0.3 is 0 Å². The highest BCUT2D eigenvalue weighted by atomic mass is 16.5. The van der Waals surface area contributed by atoms with Gasteiger partial charge in [0.05, 0.1) is 6.04 Å². The highest BCUT2D eigenvalue weighted by Gasteiger charge is 2.40. The predicted octanol–water partition coefficient (Wildman–Crippen LogP) is 2.40. The van der Waals surface area contributed by atoms with E-state index in [0.717, 1.165) is 38.5 Å². The first-order valence-corrected chi connectivity index (χ1v) is 7.15. The Morgan fingerprint density at radius 3 is 2.24 bits per heavy atom. The Bertz CT molecular complexity index is 210. The molecule has 0 aromatic heterocycles. The monoisotopic (exact) mass is 243 g/mol. The molecule has 0 radical (unpaired) electrons. The van der Waals surface area contributed by atoms with Gasteiger partial charge in [0.1, 0.15) is 0 Å². The lowest BCUT2D eigenvalue weighted by molar-refractivity contribution is -0.221. The van der Waals surface area contributed by atoms with Gasteiger partial charge < -0.3 is 15.9 Å². The third kappa shape index (κ3) is 4.57. The van der Waals surface area contributed by atoms with Crippen molar-refractivity contribution in [3.8, 4) is 0 Å². The number of aliphatic hydroxyl groups is 2. The largest absolute Gasteiger partial charge is 0.364 e. The fraction of sp³-hybridized carbons (Fsp3) is 1.00. The Morgan fingerprint density at radius 1 is 1.12 bits per heavy atom. The molecule has 1 atom stereocenters. The lowest BCUT2D eigenvalue weighted by atomic mass is 9.79. The minimum atomic E-state index is -1.66. The van der Waals surface area contributed by atoms with E-state index in [9.17, 15) is 10.2 Å². The molecule has 0 saturated heterocycles. The molecule has 0 aliphatic heterocycles. The summed E-state index contributed by atoms with van der Waals surface area (Å²) in [5.74, 6) is -1.02. The summed E-state index contributed by atoms with van der Waals surface area (Å²) in [4.78, 5) is 0.